The first-order valence-electron chi connectivity index (χ1n) is 8.50. The van der Waals surface area contributed by atoms with Gasteiger partial charge in [0.15, 0.2) is 5.76 Å². The van der Waals surface area contributed by atoms with Crippen LogP contribution in [0.4, 0.5) is 0 Å². The molecule has 0 saturated carbocycles. The van der Waals surface area contributed by atoms with Crippen LogP contribution in [-0.2, 0) is 6.42 Å². The van der Waals surface area contributed by atoms with Gasteiger partial charge in [-0.05, 0) is 30.6 Å². The van der Waals surface area contributed by atoms with Crippen LogP contribution in [0.25, 0.3) is 0 Å². The molecule has 24 heavy (non-hydrogen) atoms. The van der Waals surface area contributed by atoms with Gasteiger partial charge in [-0.25, -0.2) is 0 Å². The Balaban J connectivity index is 1.64. The Morgan fingerprint density at radius 2 is 2.08 bits per heavy atom. The van der Waals surface area contributed by atoms with Crippen LogP contribution < -0.4 is 5.32 Å². The third-order valence-corrected chi connectivity index (χ3v) is 5.51. The predicted octanol–water partition coefficient (Wildman–Crippen LogP) is 2.62. The first-order valence-corrected chi connectivity index (χ1v) is 9.38. The number of aryl methyl sites for hydroxylation is 1. The van der Waals surface area contributed by atoms with E-state index in [1.807, 2.05) is 13.0 Å². The Morgan fingerprint density at radius 1 is 1.29 bits per heavy atom. The second kappa shape index (κ2) is 7.96. The van der Waals surface area contributed by atoms with Crippen LogP contribution >= 0.6 is 11.3 Å². The maximum Gasteiger partial charge on any atom is 0.287 e. The third kappa shape index (κ3) is 4.06. The minimum absolute atomic E-state index is 0.134. The first kappa shape index (κ1) is 17.2. The number of nitrogens with one attached hydrogen (secondary N) is 1. The van der Waals surface area contributed by atoms with Gasteiger partial charge in [0.25, 0.3) is 5.91 Å². The van der Waals surface area contributed by atoms with Gasteiger partial charge in [-0.2, -0.15) is 0 Å². The van der Waals surface area contributed by atoms with E-state index in [4.69, 9.17) is 4.42 Å². The van der Waals surface area contributed by atoms with Crippen LogP contribution in [0.1, 0.15) is 34.2 Å². The van der Waals surface area contributed by atoms with Crippen LogP contribution in [0, 0.1) is 0 Å². The molecule has 2 aromatic heterocycles. The molecule has 1 unspecified atom stereocenters. The zero-order valence-corrected chi connectivity index (χ0v) is 15.1. The minimum atomic E-state index is -0.134. The second-order valence-electron chi connectivity index (χ2n) is 6.20. The normalized spacial score (nSPS) is 17.8. The van der Waals surface area contributed by atoms with Crippen LogP contribution in [0.5, 0.6) is 0 Å². The molecular weight excluding hydrogens is 322 g/mol. The predicted molar refractivity (Wildman–Crippen MR) is 96.5 cm³/mol. The van der Waals surface area contributed by atoms with Crippen molar-refractivity contribution in [1.82, 2.24) is 15.1 Å². The number of piperazine rings is 1. The number of carbonyl (C=O) groups excluding carboxylic acids is 1. The Morgan fingerprint density at radius 3 is 2.71 bits per heavy atom. The second-order valence-corrected chi connectivity index (χ2v) is 7.18. The summed E-state index contributed by atoms with van der Waals surface area (Å²) < 4.78 is 5.55. The van der Waals surface area contributed by atoms with E-state index in [-0.39, 0.29) is 11.9 Å². The van der Waals surface area contributed by atoms with Gasteiger partial charge in [0.1, 0.15) is 5.76 Å². The lowest BCUT2D eigenvalue weighted by molar-refractivity contribution is 0.0865. The number of likely N-dealkylation sites (N-methyl/N-ethyl adjacent to an activating group) is 1. The molecule has 2 aromatic rings. The van der Waals surface area contributed by atoms with E-state index in [0.29, 0.717) is 12.3 Å². The zero-order chi connectivity index (χ0) is 16.9. The summed E-state index contributed by atoms with van der Waals surface area (Å²) in [4.78, 5) is 18.5. The fourth-order valence-electron chi connectivity index (χ4n) is 2.99. The highest BCUT2D eigenvalue weighted by Gasteiger charge is 2.25. The fourth-order valence-corrected chi connectivity index (χ4v) is 3.85. The molecule has 1 aliphatic rings. The van der Waals surface area contributed by atoms with Crippen molar-refractivity contribution in [1.29, 1.82) is 0 Å². The fraction of sp³-hybridized carbons (Fsp3) is 0.500. The van der Waals surface area contributed by atoms with Gasteiger partial charge in [0.2, 0.25) is 0 Å². The van der Waals surface area contributed by atoms with E-state index >= 15 is 0 Å². The van der Waals surface area contributed by atoms with Crippen molar-refractivity contribution in [2.75, 3.05) is 39.8 Å². The average Bonchev–Trinajstić information content (AvgIpc) is 3.28. The molecule has 130 valence electrons. The topological polar surface area (TPSA) is 48.7 Å². The summed E-state index contributed by atoms with van der Waals surface area (Å²) in [5, 5.41) is 5.15. The minimum Gasteiger partial charge on any atom is -0.456 e. The van der Waals surface area contributed by atoms with Crippen LogP contribution in [0.2, 0.25) is 0 Å². The Hall–Kier alpha value is -1.63. The summed E-state index contributed by atoms with van der Waals surface area (Å²) in [6.45, 7) is 6.79. The molecule has 0 radical (unpaired) electrons. The SMILES string of the molecule is CCc1ccc(C(=O)NCC(c2cccs2)N2CCN(C)CC2)o1. The number of nitrogens with zero attached hydrogens (tertiary/aromatic N) is 2. The molecule has 1 atom stereocenters. The van der Waals surface area contributed by atoms with Crippen molar-refractivity contribution in [3.8, 4) is 0 Å². The van der Waals surface area contributed by atoms with Gasteiger partial charge in [-0.1, -0.05) is 13.0 Å². The molecule has 1 amide bonds. The Labute approximate surface area is 147 Å². The lowest BCUT2D eigenvalue weighted by Crippen LogP contribution is -2.48. The van der Waals surface area contributed by atoms with Gasteiger partial charge in [0, 0.05) is 44.0 Å². The molecule has 1 N–H and O–H groups in total. The maximum atomic E-state index is 12.4. The van der Waals surface area contributed by atoms with Crippen molar-refractivity contribution in [3.63, 3.8) is 0 Å². The number of furan rings is 1. The molecule has 1 fully saturated rings. The average molecular weight is 347 g/mol. The Bertz CT molecular complexity index is 645. The molecule has 0 spiro atoms. The van der Waals surface area contributed by atoms with E-state index in [1.54, 1.807) is 17.4 Å². The van der Waals surface area contributed by atoms with Gasteiger partial charge >= 0.3 is 0 Å². The summed E-state index contributed by atoms with van der Waals surface area (Å²) in [6, 6.07) is 8.08. The number of hydrogen-bond acceptors (Lipinski definition) is 5. The summed E-state index contributed by atoms with van der Waals surface area (Å²) in [5.74, 6) is 1.11. The van der Waals surface area contributed by atoms with Crippen LogP contribution in [0.15, 0.2) is 34.1 Å². The van der Waals surface area contributed by atoms with Crippen molar-refractivity contribution >= 4 is 17.2 Å². The quantitative estimate of drug-likeness (QED) is 0.873. The highest BCUT2D eigenvalue weighted by Crippen LogP contribution is 2.25. The highest BCUT2D eigenvalue weighted by molar-refractivity contribution is 7.10. The molecular formula is C18H25N3O2S. The molecule has 0 aromatic carbocycles. The summed E-state index contributed by atoms with van der Waals surface area (Å²) in [7, 11) is 2.15. The van der Waals surface area contributed by atoms with Gasteiger partial charge in [0.05, 0.1) is 6.04 Å². The number of thiophene rings is 1. The lowest BCUT2D eigenvalue weighted by Gasteiger charge is -2.37. The summed E-state index contributed by atoms with van der Waals surface area (Å²) in [6.07, 6.45) is 0.798. The van der Waals surface area contributed by atoms with E-state index in [0.717, 1.165) is 38.4 Å². The number of amides is 1. The number of hydrogen-bond donors (Lipinski definition) is 1. The zero-order valence-electron chi connectivity index (χ0n) is 14.3. The van der Waals surface area contributed by atoms with E-state index in [1.165, 1.54) is 4.88 Å². The molecule has 3 heterocycles. The van der Waals surface area contributed by atoms with Gasteiger partial charge in [-0.3, -0.25) is 9.69 Å². The molecule has 5 nitrogen and oxygen atoms in total. The van der Waals surface area contributed by atoms with Crippen molar-refractivity contribution in [2.45, 2.75) is 19.4 Å². The smallest absolute Gasteiger partial charge is 0.287 e. The molecule has 0 bridgehead atoms. The van der Waals surface area contributed by atoms with E-state index < -0.39 is 0 Å². The number of rotatable bonds is 6. The monoisotopic (exact) mass is 347 g/mol. The van der Waals surface area contributed by atoms with Crippen molar-refractivity contribution in [3.05, 3.63) is 46.0 Å². The van der Waals surface area contributed by atoms with Crippen molar-refractivity contribution in [2.24, 2.45) is 0 Å². The number of carbonyl (C=O) groups is 1. The van der Waals surface area contributed by atoms with E-state index in [2.05, 4.69) is 39.7 Å². The molecule has 3 rings (SSSR count). The van der Waals surface area contributed by atoms with Crippen molar-refractivity contribution < 1.29 is 9.21 Å². The first-order chi connectivity index (χ1) is 11.7. The summed E-state index contributed by atoms with van der Waals surface area (Å²) >= 11 is 1.75. The standard InChI is InChI=1S/C18H25N3O2S/c1-3-14-6-7-16(23-14)18(22)19-13-15(17-5-4-12-24-17)21-10-8-20(2)9-11-21/h4-7,12,15H,3,8-11,13H2,1-2H3,(H,19,22). The summed E-state index contributed by atoms with van der Waals surface area (Å²) in [5.41, 5.74) is 0. The molecule has 6 heteroatoms. The maximum absolute atomic E-state index is 12.4. The van der Waals surface area contributed by atoms with E-state index in [9.17, 15) is 4.79 Å². The Kier molecular flexibility index (Phi) is 5.71. The van der Waals surface area contributed by atoms with Gasteiger partial charge in [-0.15, -0.1) is 11.3 Å². The largest absolute Gasteiger partial charge is 0.456 e. The molecule has 1 aliphatic heterocycles. The highest BCUT2D eigenvalue weighted by atomic mass is 32.1. The van der Waals surface area contributed by atoms with Crippen LogP contribution in [-0.4, -0.2) is 55.5 Å². The van der Waals surface area contributed by atoms with Gasteiger partial charge < -0.3 is 14.6 Å². The third-order valence-electron chi connectivity index (χ3n) is 4.54. The molecule has 0 aliphatic carbocycles. The lowest BCUT2D eigenvalue weighted by atomic mass is 10.1. The van der Waals surface area contributed by atoms with Crippen LogP contribution in [0.3, 0.4) is 0 Å². The molecule has 1 saturated heterocycles.